The number of hydrogen-bond donors (Lipinski definition) is 1. The minimum Gasteiger partial charge on any atom is -0.379 e. The molecule has 1 atom stereocenters. The van der Waals surface area contributed by atoms with Crippen LogP contribution in [0.25, 0.3) is 0 Å². The molecule has 150 valence electrons. The summed E-state index contributed by atoms with van der Waals surface area (Å²) in [5.74, 6) is -1.87. The van der Waals surface area contributed by atoms with Gasteiger partial charge in [0.15, 0.2) is 0 Å². The van der Waals surface area contributed by atoms with E-state index in [0.29, 0.717) is 5.56 Å². The standard InChI is InChI=1S/C19H20F2N2O4S/c1-13(14-2-5-16(20)6-3-14)22-19(24)15-4-7-17(21)18(12-15)28(25,26)23-8-10-27-11-9-23/h2-7,12-13H,8-11H2,1H3,(H,22,24)/t13-/m1/s1. The average molecular weight is 410 g/mol. The number of rotatable bonds is 5. The smallest absolute Gasteiger partial charge is 0.251 e. The van der Waals surface area contributed by atoms with Crippen LogP contribution in [0.1, 0.15) is 28.9 Å². The summed E-state index contributed by atoms with van der Waals surface area (Å²) in [5.41, 5.74) is 0.695. The van der Waals surface area contributed by atoms with Crippen molar-refractivity contribution < 1.29 is 26.7 Å². The number of morpholine rings is 1. The second-order valence-electron chi connectivity index (χ2n) is 6.41. The average Bonchev–Trinajstić information content (AvgIpc) is 2.69. The summed E-state index contributed by atoms with van der Waals surface area (Å²) < 4.78 is 59.0. The second kappa shape index (κ2) is 8.34. The fourth-order valence-corrected chi connectivity index (χ4v) is 4.38. The van der Waals surface area contributed by atoms with Gasteiger partial charge in [-0.25, -0.2) is 17.2 Å². The van der Waals surface area contributed by atoms with Crippen molar-refractivity contribution >= 4 is 15.9 Å². The number of carbonyl (C=O) groups is 1. The summed E-state index contributed by atoms with van der Waals surface area (Å²) >= 11 is 0. The molecule has 0 unspecified atom stereocenters. The molecule has 1 saturated heterocycles. The van der Waals surface area contributed by atoms with Crippen LogP contribution in [0.5, 0.6) is 0 Å². The quantitative estimate of drug-likeness (QED) is 0.822. The predicted octanol–water partition coefficient (Wildman–Crippen LogP) is 2.48. The number of benzene rings is 2. The van der Waals surface area contributed by atoms with Crippen LogP contribution in [0.2, 0.25) is 0 Å². The Morgan fingerprint density at radius 1 is 1.11 bits per heavy atom. The van der Waals surface area contributed by atoms with Gasteiger partial charge in [0, 0.05) is 18.7 Å². The molecule has 1 fully saturated rings. The molecule has 2 aromatic carbocycles. The van der Waals surface area contributed by atoms with E-state index in [0.717, 1.165) is 16.4 Å². The molecule has 1 heterocycles. The predicted molar refractivity (Wildman–Crippen MR) is 98.3 cm³/mol. The van der Waals surface area contributed by atoms with E-state index in [4.69, 9.17) is 4.74 Å². The van der Waals surface area contributed by atoms with Crippen molar-refractivity contribution in [2.45, 2.75) is 17.9 Å². The molecular weight excluding hydrogens is 390 g/mol. The SMILES string of the molecule is C[C@@H](NC(=O)c1ccc(F)c(S(=O)(=O)N2CCOCC2)c1)c1ccc(F)cc1. The Kier molecular flexibility index (Phi) is 6.07. The van der Waals surface area contributed by atoms with Crippen LogP contribution in [0.15, 0.2) is 47.4 Å². The first-order valence-electron chi connectivity index (χ1n) is 8.73. The molecule has 28 heavy (non-hydrogen) atoms. The molecular formula is C19H20F2N2O4S. The Hall–Kier alpha value is -2.36. The lowest BCUT2D eigenvalue weighted by Gasteiger charge is -2.26. The van der Waals surface area contributed by atoms with E-state index >= 15 is 0 Å². The van der Waals surface area contributed by atoms with Crippen LogP contribution in [0.4, 0.5) is 8.78 Å². The van der Waals surface area contributed by atoms with Gasteiger partial charge in [-0.05, 0) is 42.8 Å². The second-order valence-corrected chi connectivity index (χ2v) is 8.31. The van der Waals surface area contributed by atoms with Gasteiger partial charge < -0.3 is 10.1 Å². The van der Waals surface area contributed by atoms with E-state index in [9.17, 15) is 22.0 Å². The Morgan fingerprint density at radius 3 is 2.39 bits per heavy atom. The summed E-state index contributed by atoms with van der Waals surface area (Å²) in [6.07, 6.45) is 0. The maximum absolute atomic E-state index is 14.2. The molecule has 0 radical (unpaired) electrons. The summed E-state index contributed by atoms with van der Waals surface area (Å²) in [6.45, 7) is 2.42. The van der Waals surface area contributed by atoms with E-state index in [2.05, 4.69) is 5.32 Å². The zero-order valence-corrected chi connectivity index (χ0v) is 16.0. The maximum atomic E-state index is 14.2. The fraction of sp³-hybridized carbons (Fsp3) is 0.316. The van der Waals surface area contributed by atoms with Crippen LogP contribution in [-0.2, 0) is 14.8 Å². The first-order valence-corrected chi connectivity index (χ1v) is 10.2. The molecule has 3 rings (SSSR count). The van der Waals surface area contributed by atoms with E-state index in [-0.39, 0.29) is 31.9 Å². The number of carbonyl (C=O) groups excluding carboxylic acids is 1. The lowest BCUT2D eigenvalue weighted by Crippen LogP contribution is -2.41. The van der Waals surface area contributed by atoms with Gasteiger partial charge in [-0.2, -0.15) is 4.31 Å². The van der Waals surface area contributed by atoms with Gasteiger partial charge in [-0.3, -0.25) is 4.79 Å². The van der Waals surface area contributed by atoms with Gasteiger partial charge >= 0.3 is 0 Å². The van der Waals surface area contributed by atoms with Crippen LogP contribution >= 0.6 is 0 Å². The number of ether oxygens (including phenoxy) is 1. The molecule has 0 aliphatic carbocycles. The third-order valence-electron chi connectivity index (χ3n) is 4.50. The topological polar surface area (TPSA) is 75.7 Å². The minimum atomic E-state index is -4.08. The molecule has 1 aliphatic heterocycles. The number of hydrogen-bond acceptors (Lipinski definition) is 4. The van der Waals surface area contributed by atoms with Gasteiger partial charge in [-0.15, -0.1) is 0 Å². The van der Waals surface area contributed by atoms with Gasteiger partial charge in [0.2, 0.25) is 10.0 Å². The molecule has 6 nitrogen and oxygen atoms in total. The van der Waals surface area contributed by atoms with Crippen molar-refractivity contribution in [1.82, 2.24) is 9.62 Å². The molecule has 0 bridgehead atoms. The third kappa shape index (κ3) is 4.37. The van der Waals surface area contributed by atoms with Gasteiger partial charge in [0.25, 0.3) is 5.91 Å². The number of amides is 1. The molecule has 0 spiro atoms. The Labute approximate surface area is 162 Å². The van der Waals surface area contributed by atoms with Gasteiger partial charge in [0.05, 0.1) is 19.3 Å². The lowest BCUT2D eigenvalue weighted by atomic mass is 10.1. The summed E-state index contributed by atoms with van der Waals surface area (Å²) in [6, 6.07) is 8.42. The lowest BCUT2D eigenvalue weighted by molar-refractivity contribution is 0.0729. The number of nitrogens with zero attached hydrogens (tertiary/aromatic N) is 1. The van der Waals surface area contributed by atoms with E-state index in [1.807, 2.05) is 0 Å². The van der Waals surface area contributed by atoms with Crippen LogP contribution in [-0.4, -0.2) is 44.9 Å². The highest BCUT2D eigenvalue weighted by atomic mass is 32.2. The summed E-state index contributed by atoms with van der Waals surface area (Å²) in [4.78, 5) is 12.0. The normalized spacial score (nSPS) is 16.5. The van der Waals surface area contributed by atoms with Crippen molar-refractivity contribution in [3.05, 3.63) is 65.2 Å². The number of sulfonamides is 1. The fourth-order valence-electron chi connectivity index (χ4n) is 2.88. The Morgan fingerprint density at radius 2 is 1.75 bits per heavy atom. The molecule has 1 aliphatic rings. The Balaban J connectivity index is 1.82. The van der Waals surface area contributed by atoms with Crippen molar-refractivity contribution in [3.8, 4) is 0 Å². The highest BCUT2D eigenvalue weighted by Crippen LogP contribution is 2.22. The zero-order valence-electron chi connectivity index (χ0n) is 15.2. The maximum Gasteiger partial charge on any atom is 0.251 e. The number of nitrogens with one attached hydrogen (secondary N) is 1. The molecule has 9 heteroatoms. The summed E-state index contributed by atoms with van der Waals surface area (Å²) in [7, 11) is -4.08. The zero-order chi connectivity index (χ0) is 20.3. The first kappa shape index (κ1) is 20.4. The highest BCUT2D eigenvalue weighted by molar-refractivity contribution is 7.89. The van der Waals surface area contributed by atoms with Crippen molar-refractivity contribution in [2.75, 3.05) is 26.3 Å². The van der Waals surface area contributed by atoms with Crippen molar-refractivity contribution in [3.63, 3.8) is 0 Å². The molecule has 1 N–H and O–H groups in total. The van der Waals surface area contributed by atoms with Crippen molar-refractivity contribution in [1.29, 1.82) is 0 Å². The van der Waals surface area contributed by atoms with Crippen LogP contribution in [0, 0.1) is 11.6 Å². The Bertz CT molecular complexity index is 958. The van der Waals surface area contributed by atoms with E-state index < -0.39 is 38.5 Å². The molecule has 2 aromatic rings. The summed E-state index contributed by atoms with van der Waals surface area (Å²) in [5, 5.41) is 2.70. The third-order valence-corrected chi connectivity index (χ3v) is 6.41. The monoisotopic (exact) mass is 410 g/mol. The largest absolute Gasteiger partial charge is 0.379 e. The number of halogens is 2. The van der Waals surface area contributed by atoms with Crippen molar-refractivity contribution in [2.24, 2.45) is 0 Å². The highest BCUT2D eigenvalue weighted by Gasteiger charge is 2.30. The van der Waals surface area contributed by atoms with E-state index in [1.54, 1.807) is 19.1 Å². The minimum absolute atomic E-state index is 0.0159. The van der Waals surface area contributed by atoms with E-state index in [1.165, 1.54) is 18.2 Å². The van der Waals surface area contributed by atoms with Gasteiger partial charge in [-0.1, -0.05) is 12.1 Å². The van der Waals surface area contributed by atoms with Crippen LogP contribution < -0.4 is 5.32 Å². The van der Waals surface area contributed by atoms with Gasteiger partial charge in [0.1, 0.15) is 16.5 Å². The van der Waals surface area contributed by atoms with Crippen LogP contribution in [0.3, 0.4) is 0 Å². The molecule has 0 aromatic heterocycles. The first-order chi connectivity index (χ1) is 13.3. The molecule has 0 saturated carbocycles. The molecule has 1 amide bonds.